The summed E-state index contributed by atoms with van der Waals surface area (Å²) < 4.78 is 1.88. The minimum absolute atomic E-state index is 0.229. The number of nitrogens with one attached hydrogen (secondary N) is 2. The number of pyridine rings is 1. The number of imidazole rings is 1. The van der Waals surface area contributed by atoms with E-state index in [2.05, 4.69) is 20.7 Å². The number of hydrazine groups is 1. The molecule has 2 rings (SSSR count). The minimum atomic E-state index is -0.229. The first-order valence-electron chi connectivity index (χ1n) is 5.46. The molecule has 0 atom stereocenters. The number of aromatic nitrogens is 3. The topological polar surface area (TPSA) is 97.9 Å². The van der Waals surface area contributed by atoms with Crippen molar-refractivity contribution in [1.29, 1.82) is 0 Å². The molecule has 94 valence electrons. The maximum Gasteiger partial charge on any atom is 0.270 e. The van der Waals surface area contributed by atoms with Gasteiger partial charge in [-0.15, -0.1) is 0 Å². The van der Waals surface area contributed by atoms with Crippen LogP contribution in [0.1, 0.15) is 10.5 Å². The molecule has 0 radical (unpaired) electrons. The van der Waals surface area contributed by atoms with E-state index in [0.29, 0.717) is 24.5 Å². The van der Waals surface area contributed by atoms with Crippen molar-refractivity contribution in [2.45, 2.75) is 6.54 Å². The summed E-state index contributed by atoms with van der Waals surface area (Å²) in [5, 5.41) is 2.77. The average molecular weight is 246 g/mol. The molecule has 18 heavy (non-hydrogen) atoms. The Hall–Kier alpha value is -2.41. The maximum atomic E-state index is 11.8. The van der Waals surface area contributed by atoms with Crippen molar-refractivity contribution in [2.75, 3.05) is 12.0 Å². The van der Waals surface area contributed by atoms with Crippen LogP contribution in [0.4, 0.5) is 5.69 Å². The Morgan fingerprint density at radius 3 is 3.06 bits per heavy atom. The molecule has 0 aliphatic rings. The zero-order chi connectivity index (χ0) is 12.8. The highest BCUT2D eigenvalue weighted by Crippen LogP contribution is 2.05. The Bertz CT molecular complexity index is 510. The summed E-state index contributed by atoms with van der Waals surface area (Å²) in [6, 6.07) is 3.27. The van der Waals surface area contributed by atoms with E-state index in [4.69, 9.17) is 5.84 Å². The maximum absolute atomic E-state index is 11.8. The Morgan fingerprint density at radius 1 is 1.44 bits per heavy atom. The Kier molecular flexibility index (Phi) is 3.87. The molecule has 2 aromatic rings. The van der Waals surface area contributed by atoms with Crippen LogP contribution in [0.15, 0.2) is 37.1 Å². The molecule has 0 spiro atoms. The predicted octanol–water partition coefficient (Wildman–Crippen LogP) is -0.00630. The lowest BCUT2D eigenvalue weighted by Gasteiger charge is -2.06. The molecule has 2 heterocycles. The Labute approximate surface area is 104 Å². The van der Waals surface area contributed by atoms with E-state index < -0.39 is 0 Å². The minimum Gasteiger partial charge on any atom is -0.349 e. The fourth-order valence-electron chi connectivity index (χ4n) is 1.45. The number of anilines is 1. The average Bonchev–Trinajstić information content (AvgIpc) is 2.92. The van der Waals surface area contributed by atoms with E-state index in [1.807, 2.05) is 10.8 Å². The van der Waals surface area contributed by atoms with E-state index in [0.717, 1.165) is 0 Å². The van der Waals surface area contributed by atoms with Crippen LogP contribution < -0.4 is 16.6 Å². The lowest BCUT2D eigenvalue weighted by Crippen LogP contribution is -2.27. The molecule has 0 saturated heterocycles. The molecule has 0 aromatic carbocycles. The van der Waals surface area contributed by atoms with Crippen molar-refractivity contribution < 1.29 is 4.79 Å². The van der Waals surface area contributed by atoms with Crippen LogP contribution in [0.3, 0.4) is 0 Å². The Balaban J connectivity index is 1.87. The number of amides is 1. The van der Waals surface area contributed by atoms with Gasteiger partial charge in [-0.05, 0) is 12.1 Å². The zero-order valence-electron chi connectivity index (χ0n) is 9.71. The van der Waals surface area contributed by atoms with Gasteiger partial charge in [0, 0.05) is 31.7 Å². The van der Waals surface area contributed by atoms with Crippen LogP contribution >= 0.6 is 0 Å². The van der Waals surface area contributed by atoms with Crippen LogP contribution in [-0.4, -0.2) is 27.0 Å². The van der Waals surface area contributed by atoms with Gasteiger partial charge in [0.2, 0.25) is 0 Å². The van der Waals surface area contributed by atoms with Crippen LogP contribution in [0, 0.1) is 0 Å². The quantitative estimate of drug-likeness (QED) is 0.509. The third-order valence-electron chi connectivity index (χ3n) is 2.37. The van der Waals surface area contributed by atoms with Crippen LogP contribution in [0.25, 0.3) is 0 Å². The summed E-state index contributed by atoms with van der Waals surface area (Å²) in [6.45, 7) is 1.18. The van der Waals surface area contributed by atoms with E-state index in [-0.39, 0.29) is 5.91 Å². The van der Waals surface area contributed by atoms with Gasteiger partial charge in [-0.3, -0.25) is 15.6 Å². The molecule has 0 aliphatic heterocycles. The van der Waals surface area contributed by atoms with Gasteiger partial charge in [0.15, 0.2) is 0 Å². The second kappa shape index (κ2) is 5.78. The number of carbonyl (C=O) groups is 1. The highest BCUT2D eigenvalue weighted by molar-refractivity contribution is 5.93. The van der Waals surface area contributed by atoms with Gasteiger partial charge < -0.3 is 15.3 Å². The van der Waals surface area contributed by atoms with Crippen molar-refractivity contribution in [2.24, 2.45) is 5.84 Å². The third kappa shape index (κ3) is 3.05. The fraction of sp³-hybridized carbons (Fsp3) is 0.182. The normalized spacial score (nSPS) is 10.1. The van der Waals surface area contributed by atoms with Crippen molar-refractivity contribution >= 4 is 11.6 Å². The summed E-state index contributed by atoms with van der Waals surface area (Å²) in [5.41, 5.74) is 3.44. The third-order valence-corrected chi connectivity index (χ3v) is 2.37. The molecule has 0 fully saturated rings. The molecule has 0 saturated carbocycles. The number of nitrogens with zero attached hydrogens (tertiary/aromatic N) is 3. The van der Waals surface area contributed by atoms with Gasteiger partial charge in [0.25, 0.3) is 5.91 Å². The largest absolute Gasteiger partial charge is 0.349 e. The summed E-state index contributed by atoms with van der Waals surface area (Å²) in [4.78, 5) is 19.7. The molecule has 7 heteroatoms. The van der Waals surface area contributed by atoms with E-state index in [1.54, 1.807) is 24.7 Å². The fourth-order valence-corrected chi connectivity index (χ4v) is 1.45. The second-order valence-corrected chi connectivity index (χ2v) is 3.63. The number of hydrogen-bond acceptors (Lipinski definition) is 5. The molecular formula is C11H14N6O. The summed E-state index contributed by atoms with van der Waals surface area (Å²) in [5.74, 6) is 5.03. The first kappa shape index (κ1) is 12.1. The zero-order valence-corrected chi connectivity index (χ0v) is 9.71. The molecular weight excluding hydrogens is 232 g/mol. The monoisotopic (exact) mass is 246 g/mol. The van der Waals surface area contributed by atoms with Gasteiger partial charge in [0.1, 0.15) is 5.69 Å². The first-order valence-corrected chi connectivity index (χ1v) is 5.46. The van der Waals surface area contributed by atoms with Gasteiger partial charge in [-0.1, -0.05) is 0 Å². The number of nitrogen functional groups attached to an aromatic ring is 1. The summed E-state index contributed by atoms with van der Waals surface area (Å²) >= 11 is 0. The molecule has 2 aromatic heterocycles. The van der Waals surface area contributed by atoms with Crippen molar-refractivity contribution in [3.63, 3.8) is 0 Å². The lowest BCUT2D eigenvalue weighted by molar-refractivity contribution is 0.0947. The molecule has 0 aliphatic carbocycles. The van der Waals surface area contributed by atoms with Crippen molar-refractivity contribution in [3.05, 3.63) is 42.7 Å². The number of hydrogen-bond donors (Lipinski definition) is 3. The van der Waals surface area contributed by atoms with Gasteiger partial charge in [0.05, 0.1) is 12.0 Å². The Morgan fingerprint density at radius 2 is 2.33 bits per heavy atom. The van der Waals surface area contributed by atoms with E-state index in [1.165, 1.54) is 6.20 Å². The molecule has 4 N–H and O–H groups in total. The molecule has 1 amide bonds. The first-order chi connectivity index (χ1) is 8.79. The van der Waals surface area contributed by atoms with Crippen molar-refractivity contribution in [1.82, 2.24) is 19.9 Å². The SMILES string of the molecule is NNc1ccnc(C(=O)NCCn2ccnc2)c1. The van der Waals surface area contributed by atoms with E-state index >= 15 is 0 Å². The molecule has 0 bridgehead atoms. The van der Waals surface area contributed by atoms with Crippen LogP contribution in [-0.2, 0) is 6.54 Å². The second-order valence-electron chi connectivity index (χ2n) is 3.63. The standard InChI is InChI=1S/C11H14N6O/c12-16-9-1-2-14-10(7-9)11(18)15-4-6-17-5-3-13-8-17/h1-3,5,7-8H,4,6,12H2,(H,14,16)(H,15,18). The van der Waals surface area contributed by atoms with Crippen LogP contribution in [0.2, 0.25) is 0 Å². The smallest absolute Gasteiger partial charge is 0.270 e. The van der Waals surface area contributed by atoms with Gasteiger partial charge >= 0.3 is 0 Å². The van der Waals surface area contributed by atoms with Gasteiger partial charge in [-0.2, -0.15) is 0 Å². The van der Waals surface area contributed by atoms with E-state index in [9.17, 15) is 4.79 Å². The molecule has 7 nitrogen and oxygen atoms in total. The predicted molar refractivity (Wildman–Crippen MR) is 66.6 cm³/mol. The highest BCUT2D eigenvalue weighted by Gasteiger charge is 2.06. The number of carbonyl (C=O) groups excluding carboxylic acids is 1. The number of nitrogens with two attached hydrogens (primary N) is 1. The highest BCUT2D eigenvalue weighted by atomic mass is 16.1. The van der Waals surface area contributed by atoms with Crippen molar-refractivity contribution in [3.8, 4) is 0 Å². The molecule has 0 unspecified atom stereocenters. The summed E-state index contributed by atoms with van der Waals surface area (Å²) in [6.07, 6.45) is 6.76. The van der Waals surface area contributed by atoms with Crippen LogP contribution in [0.5, 0.6) is 0 Å². The summed E-state index contributed by atoms with van der Waals surface area (Å²) in [7, 11) is 0. The lowest BCUT2D eigenvalue weighted by atomic mass is 10.3. The van der Waals surface area contributed by atoms with Gasteiger partial charge in [-0.25, -0.2) is 4.98 Å². The number of rotatable bonds is 5.